The molecule has 0 aromatic carbocycles. The van der Waals surface area contributed by atoms with Crippen molar-refractivity contribution < 1.29 is 48.3 Å². The van der Waals surface area contributed by atoms with E-state index in [4.69, 9.17) is 13.9 Å². The first-order valence-electron chi connectivity index (χ1n) is 13.6. The lowest BCUT2D eigenvalue weighted by molar-refractivity contribution is 0.0506. The van der Waals surface area contributed by atoms with Crippen LogP contribution < -0.4 is 11.1 Å². The van der Waals surface area contributed by atoms with E-state index in [1.165, 1.54) is 0 Å². The first kappa shape index (κ1) is 38.3. The van der Waals surface area contributed by atoms with Crippen molar-refractivity contribution in [3.8, 4) is 11.5 Å². The monoisotopic (exact) mass is 686 g/mol. The van der Waals surface area contributed by atoms with Crippen molar-refractivity contribution in [3.63, 3.8) is 0 Å². The molecule has 18 heteroatoms. The molecule has 2 atom stereocenters. The van der Waals surface area contributed by atoms with Gasteiger partial charge >= 0.3 is 23.1 Å². The van der Waals surface area contributed by atoms with Gasteiger partial charge in [0.15, 0.2) is 19.7 Å². The summed E-state index contributed by atoms with van der Waals surface area (Å²) in [6, 6.07) is 0. The molecular weight excluding hydrogens is 648 g/mol. The second-order valence-corrected chi connectivity index (χ2v) is 16.4. The predicted molar refractivity (Wildman–Crippen MR) is 169 cm³/mol. The minimum absolute atomic E-state index is 0. The Morgan fingerprint density at radius 3 is 1.72 bits per heavy atom. The number of hydrogen-bond acceptors (Lipinski definition) is 14. The van der Waals surface area contributed by atoms with E-state index in [1.807, 2.05) is 0 Å². The van der Waals surface area contributed by atoms with Crippen molar-refractivity contribution in [3.05, 3.63) is 56.9 Å². The molecule has 2 aromatic rings. The van der Waals surface area contributed by atoms with E-state index in [-0.39, 0.29) is 61.2 Å². The smallest absolute Gasteiger partial charge is 0.360 e. The highest BCUT2D eigenvalue weighted by atomic mass is 35.5. The lowest BCUT2D eigenvalue weighted by atomic mass is 10.2. The first-order chi connectivity index (χ1) is 20.9. The van der Waals surface area contributed by atoms with Gasteiger partial charge in [-0.1, -0.05) is 33.9 Å². The molecule has 0 saturated carbocycles. The van der Waals surface area contributed by atoms with Gasteiger partial charge in [-0.3, -0.25) is 18.7 Å². The van der Waals surface area contributed by atoms with Crippen LogP contribution in [0.15, 0.2) is 22.7 Å². The molecule has 0 fully saturated rings. The lowest BCUT2D eigenvalue weighted by Gasteiger charge is -2.38. The van der Waals surface area contributed by atoms with Gasteiger partial charge in [0.05, 0.1) is 40.6 Å². The fourth-order valence-corrected chi connectivity index (χ4v) is 5.29. The Bertz CT molecular complexity index is 1650. The topological polar surface area (TPSA) is 211 Å². The summed E-state index contributed by atoms with van der Waals surface area (Å²) in [5.41, 5.74) is -2.18. The van der Waals surface area contributed by atoms with Crippen LogP contribution in [0, 0.1) is 0 Å². The fraction of sp³-hybridized carbons (Fsp3) is 0.500. The zero-order valence-electron chi connectivity index (χ0n) is 26.6. The zero-order valence-corrected chi connectivity index (χ0v) is 28.4. The maximum absolute atomic E-state index is 12.6. The molecule has 2 unspecified atom stereocenters. The summed E-state index contributed by atoms with van der Waals surface area (Å²) in [6.07, 6.45) is -1.89. The largest absolute Gasteiger partial charge is 0.501 e. The molecule has 4 rings (SSSR count). The van der Waals surface area contributed by atoms with Gasteiger partial charge in [0, 0.05) is 11.4 Å². The van der Waals surface area contributed by atoms with Gasteiger partial charge in [-0.2, -0.15) is 0 Å². The maximum atomic E-state index is 12.6. The Balaban J connectivity index is 0.000000328. The van der Waals surface area contributed by atoms with Crippen molar-refractivity contribution in [2.75, 3.05) is 40.6 Å². The summed E-state index contributed by atoms with van der Waals surface area (Å²) in [5, 5.41) is 29.5. The molecule has 2 aromatic heterocycles. The summed E-state index contributed by atoms with van der Waals surface area (Å²) in [7, 11) is 0.00694. The van der Waals surface area contributed by atoms with Crippen LogP contribution in [0.2, 0.25) is 18.1 Å². The number of nitrogens with zero attached hydrogens (tertiary/aromatic N) is 4. The Hall–Kier alpha value is -3.87. The zero-order chi connectivity index (χ0) is 34.0. The van der Waals surface area contributed by atoms with Crippen LogP contribution in [-0.2, 0) is 23.4 Å². The number of aliphatic hydroxyl groups is 1. The standard InChI is InChI=1S/C17H26N2O6Si.C11H12N2O6.ClH/c1-10-8-24-9-11(25-26(6,7)17(2,3)4)14-18-12(16(22)23-5)13(20)15(21)19(10)14;1-5-3-19-4-6(14)9-12-7(11(17)18-2)8(15)10(16)13(5)9;/h11,20H,1,8-9H2,2-7H3;6,14-15H,1,3-4H2,2H3;1H. The van der Waals surface area contributed by atoms with E-state index in [1.54, 1.807) is 0 Å². The van der Waals surface area contributed by atoms with Gasteiger partial charge < -0.3 is 38.7 Å². The summed E-state index contributed by atoms with van der Waals surface area (Å²) in [6.45, 7) is 18.0. The summed E-state index contributed by atoms with van der Waals surface area (Å²) >= 11 is 0. The molecule has 0 aliphatic carbocycles. The number of rotatable bonds is 4. The number of halogens is 1. The highest BCUT2D eigenvalue weighted by molar-refractivity contribution is 6.74. The number of carbonyl (C=O) groups is 2. The molecule has 2 aliphatic rings. The van der Waals surface area contributed by atoms with E-state index in [2.05, 4.69) is 66.5 Å². The van der Waals surface area contributed by atoms with Crippen LogP contribution in [0.1, 0.15) is 65.6 Å². The number of ether oxygens (including phenoxy) is 4. The number of hydrogen-bond donors (Lipinski definition) is 3. The molecule has 4 heterocycles. The molecule has 0 saturated heterocycles. The van der Waals surface area contributed by atoms with Gasteiger partial charge in [0.2, 0.25) is 11.5 Å². The molecular formula is C28H39ClN4O12Si. The van der Waals surface area contributed by atoms with Gasteiger partial charge in [-0.25, -0.2) is 19.6 Å². The van der Waals surface area contributed by atoms with Gasteiger partial charge in [-0.15, -0.1) is 12.4 Å². The van der Waals surface area contributed by atoms with E-state index in [0.717, 1.165) is 23.4 Å². The van der Waals surface area contributed by atoms with Crippen LogP contribution in [0.25, 0.3) is 11.4 Å². The molecule has 16 nitrogen and oxygen atoms in total. The SMILES string of the molecule is C=C1COCC(O)c2nc(C(=O)OC)c(O)c(=O)n21.C=C1COCC(O[Si](C)(C)C(C)(C)C)c2nc(C(=O)OC)c(O)c(=O)n21.Cl. The molecule has 3 N–H and O–H groups in total. The van der Waals surface area contributed by atoms with Crippen LogP contribution in [0.5, 0.6) is 11.5 Å². The number of fused-ring (bicyclic) bond motifs is 2. The summed E-state index contributed by atoms with van der Waals surface area (Å²) < 4.78 is 28.2. The lowest BCUT2D eigenvalue weighted by Crippen LogP contribution is -2.43. The minimum Gasteiger partial charge on any atom is -0.501 e. The van der Waals surface area contributed by atoms with E-state index in [9.17, 15) is 34.5 Å². The van der Waals surface area contributed by atoms with E-state index >= 15 is 0 Å². The molecule has 0 spiro atoms. The van der Waals surface area contributed by atoms with Gasteiger partial charge in [0.25, 0.3) is 0 Å². The number of aromatic hydroxyl groups is 2. The molecule has 46 heavy (non-hydrogen) atoms. The quantitative estimate of drug-likeness (QED) is 0.310. The predicted octanol–water partition coefficient (Wildman–Crippen LogP) is 1.99. The Morgan fingerprint density at radius 1 is 0.870 bits per heavy atom. The maximum Gasteiger partial charge on any atom is 0.360 e. The van der Waals surface area contributed by atoms with Crippen molar-refractivity contribution in [2.24, 2.45) is 0 Å². The normalized spacial score (nSPS) is 18.0. The molecule has 0 amide bonds. The van der Waals surface area contributed by atoms with Crippen molar-refractivity contribution in [1.82, 2.24) is 19.1 Å². The summed E-state index contributed by atoms with van der Waals surface area (Å²) in [4.78, 5) is 55.9. The number of aliphatic hydroxyl groups excluding tert-OH is 1. The third kappa shape index (κ3) is 7.56. The van der Waals surface area contributed by atoms with Crippen LogP contribution in [-0.4, -0.2) is 95.3 Å². The number of esters is 2. The third-order valence-corrected chi connectivity index (χ3v) is 12.0. The fourth-order valence-electron chi connectivity index (χ4n) is 4.06. The molecule has 2 aliphatic heterocycles. The van der Waals surface area contributed by atoms with Crippen LogP contribution in [0.3, 0.4) is 0 Å². The van der Waals surface area contributed by atoms with E-state index in [0.29, 0.717) is 5.70 Å². The highest BCUT2D eigenvalue weighted by Crippen LogP contribution is 2.40. The second kappa shape index (κ2) is 14.7. The van der Waals surface area contributed by atoms with Crippen molar-refractivity contribution in [1.29, 1.82) is 0 Å². The molecule has 0 bridgehead atoms. The molecule has 0 radical (unpaired) electrons. The Kier molecular flexibility index (Phi) is 12.2. The molecule has 254 valence electrons. The Labute approximate surface area is 271 Å². The van der Waals surface area contributed by atoms with Crippen molar-refractivity contribution in [2.45, 2.75) is 51.1 Å². The Morgan fingerprint density at radius 2 is 1.28 bits per heavy atom. The van der Waals surface area contributed by atoms with Gasteiger partial charge in [-0.05, 0) is 18.1 Å². The van der Waals surface area contributed by atoms with Crippen LogP contribution >= 0.6 is 12.4 Å². The number of aromatic nitrogens is 4. The summed E-state index contributed by atoms with van der Waals surface area (Å²) in [5.74, 6) is -3.45. The van der Waals surface area contributed by atoms with Gasteiger partial charge in [0.1, 0.15) is 23.9 Å². The van der Waals surface area contributed by atoms with Crippen molar-refractivity contribution >= 4 is 44.1 Å². The highest BCUT2D eigenvalue weighted by Gasteiger charge is 2.41. The number of carbonyl (C=O) groups excluding carboxylic acids is 2. The first-order valence-corrected chi connectivity index (χ1v) is 16.5. The number of methoxy groups -OCH3 is 2. The minimum atomic E-state index is -2.23. The second-order valence-electron chi connectivity index (χ2n) is 11.6. The third-order valence-electron chi connectivity index (χ3n) is 7.47. The average Bonchev–Trinajstić information content (AvgIpc) is 3.21. The van der Waals surface area contributed by atoms with Crippen LogP contribution in [0.4, 0.5) is 0 Å². The van der Waals surface area contributed by atoms with E-state index < -0.39 is 66.5 Å². The average molecular weight is 687 g/mol.